The number of hydrogen-bond donors (Lipinski definition) is 2. The lowest BCUT2D eigenvalue weighted by molar-refractivity contribution is 0.158. The number of aliphatic hydroxyl groups excluding tert-OH is 1. The predicted molar refractivity (Wildman–Crippen MR) is 60.9 cm³/mol. The van der Waals surface area contributed by atoms with Gasteiger partial charge in [0.05, 0.1) is 12.8 Å². The number of nitrogens with two attached hydrogens (primary N) is 1. The zero-order chi connectivity index (χ0) is 11.5. The van der Waals surface area contributed by atoms with Gasteiger partial charge in [0.25, 0.3) is 0 Å². The number of furan rings is 1. The molecule has 1 aliphatic carbocycles. The van der Waals surface area contributed by atoms with E-state index in [4.69, 9.17) is 10.2 Å². The van der Waals surface area contributed by atoms with E-state index in [2.05, 4.69) is 4.99 Å². The molecule has 2 rings (SSSR count). The van der Waals surface area contributed by atoms with Gasteiger partial charge in [-0.3, -0.25) is 4.99 Å². The van der Waals surface area contributed by atoms with E-state index >= 15 is 0 Å². The van der Waals surface area contributed by atoms with Crippen LogP contribution >= 0.6 is 0 Å². The van der Waals surface area contributed by atoms with Crippen LogP contribution in [0, 0.1) is 0 Å². The van der Waals surface area contributed by atoms with Crippen LogP contribution in [-0.4, -0.2) is 35.6 Å². The van der Waals surface area contributed by atoms with Crippen molar-refractivity contribution in [3.63, 3.8) is 0 Å². The number of guanidine groups is 1. The quantitative estimate of drug-likeness (QED) is 0.582. The Bertz CT molecular complexity index is 357. The second-order valence-electron chi connectivity index (χ2n) is 4.07. The SMILES string of the molecule is CN(C(N)=NCC(O)c1ccco1)C1CC1. The molecule has 0 aromatic carbocycles. The molecule has 0 spiro atoms. The van der Waals surface area contributed by atoms with Crippen LogP contribution < -0.4 is 5.73 Å². The topological polar surface area (TPSA) is 75.0 Å². The summed E-state index contributed by atoms with van der Waals surface area (Å²) in [6.07, 6.45) is 3.16. The maximum Gasteiger partial charge on any atom is 0.191 e. The van der Waals surface area contributed by atoms with E-state index in [1.807, 2.05) is 11.9 Å². The summed E-state index contributed by atoms with van der Waals surface area (Å²) < 4.78 is 5.07. The minimum absolute atomic E-state index is 0.233. The molecule has 1 unspecified atom stereocenters. The van der Waals surface area contributed by atoms with E-state index in [0.717, 1.165) is 0 Å². The highest BCUT2D eigenvalue weighted by molar-refractivity contribution is 5.78. The highest BCUT2D eigenvalue weighted by Gasteiger charge is 2.27. The summed E-state index contributed by atoms with van der Waals surface area (Å²) in [6.45, 7) is 0.233. The van der Waals surface area contributed by atoms with Gasteiger partial charge in [-0.2, -0.15) is 0 Å². The highest BCUT2D eigenvalue weighted by Crippen LogP contribution is 2.25. The Labute approximate surface area is 94.6 Å². The van der Waals surface area contributed by atoms with E-state index in [1.165, 1.54) is 19.1 Å². The first-order valence-corrected chi connectivity index (χ1v) is 5.42. The number of aliphatic imine (C=N–C) groups is 1. The van der Waals surface area contributed by atoms with Gasteiger partial charge in [-0.25, -0.2) is 0 Å². The third-order valence-corrected chi connectivity index (χ3v) is 2.75. The number of aliphatic hydroxyl groups is 1. The van der Waals surface area contributed by atoms with Crippen LogP contribution in [0.1, 0.15) is 24.7 Å². The van der Waals surface area contributed by atoms with Crippen molar-refractivity contribution in [1.29, 1.82) is 0 Å². The van der Waals surface area contributed by atoms with Gasteiger partial charge < -0.3 is 20.2 Å². The normalized spacial score (nSPS) is 18.5. The molecule has 1 aromatic rings. The minimum atomic E-state index is -0.721. The molecule has 16 heavy (non-hydrogen) atoms. The number of hydrogen-bond acceptors (Lipinski definition) is 3. The average Bonchev–Trinajstić information content (AvgIpc) is 2.99. The molecule has 5 heteroatoms. The van der Waals surface area contributed by atoms with Crippen LogP contribution in [-0.2, 0) is 0 Å². The first-order chi connectivity index (χ1) is 7.68. The Hall–Kier alpha value is -1.49. The third kappa shape index (κ3) is 2.55. The first-order valence-electron chi connectivity index (χ1n) is 5.42. The van der Waals surface area contributed by atoms with Crippen molar-refractivity contribution >= 4 is 5.96 Å². The third-order valence-electron chi connectivity index (χ3n) is 2.75. The zero-order valence-electron chi connectivity index (χ0n) is 9.34. The zero-order valence-corrected chi connectivity index (χ0v) is 9.34. The molecule has 0 amide bonds. The Morgan fingerprint density at radius 1 is 1.75 bits per heavy atom. The Kier molecular flexibility index (Phi) is 3.14. The highest BCUT2D eigenvalue weighted by atomic mass is 16.4. The van der Waals surface area contributed by atoms with Crippen LogP contribution in [0.15, 0.2) is 27.8 Å². The lowest BCUT2D eigenvalue weighted by Crippen LogP contribution is -2.36. The smallest absolute Gasteiger partial charge is 0.191 e. The van der Waals surface area contributed by atoms with Crippen molar-refractivity contribution < 1.29 is 9.52 Å². The summed E-state index contributed by atoms with van der Waals surface area (Å²) in [5.74, 6) is 0.999. The summed E-state index contributed by atoms with van der Waals surface area (Å²) in [5, 5.41) is 9.72. The maximum absolute atomic E-state index is 9.72. The predicted octanol–water partition coefficient (Wildman–Crippen LogP) is 0.722. The average molecular weight is 223 g/mol. The van der Waals surface area contributed by atoms with Crippen LogP contribution in [0.2, 0.25) is 0 Å². The molecular formula is C11H17N3O2. The monoisotopic (exact) mass is 223 g/mol. The molecule has 1 fully saturated rings. The lowest BCUT2D eigenvalue weighted by atomic mass is 10.3. The van der Waals surface area contributed by atoms with E-state index in [-0.39, 0.29) is 6.54 Å². The molecule has 1 aromatic heterocycles. The van der Waals surface area contributed by atoms with E-state index in [9.17, 15) is 5.11 Å². The summed E-state index contributed by atoms with van der Waals surface area (Å²) in [6, 6.07) is 3.99. The van der Waals surface area contributed by atoms with Gasteiger partial charge in [0.2, 0.25) is 0 Å². The Balaban J connectivity index is 1.87. The van der Waals surface area contributed by atoms with Crippen molar-refractivity contribution in [2.24, 2.45) is 10.7 Å². The fourth-order valence-electron chi connectivity index (χ4n) is 1.51. The van der Waals surface area contributed by atoms with E-state index in [0.29, 0.717) is 17.8 Å². The van der Waals surface area contributed by atoms with Gasteiger partial charge in [-0.1, -0.05) is 0 Å². The van der Waals surface area contributed by atoms with Crippen molar-refractivity contribution in [2.45, 2.75) is 25.0 Å². The molecule has 5 nitrogen and oxygen atoms in total. The molecule has 88 valence electrons. The van der Waals surface area contributed by atoms with Gasteiger partial charge in [0.15, 0.2) is 5.96 Å². The van der Waals surface area contributed by atoms with E-state index in [1.54, 1.807) is 12.1 Å². The fraction of sp³-hybridized carbons (Fsp3) is 0.545. The van der Waals surface area contributed by atoms with Crippen LogP contribution in [0.25, 0.3) is 0 Å². The fourth-order valence-corrected chi connectivity index (χ4v) is 1.51. The Morgan fingerprint density at radius 3 is 3.06 bits per heavy atom. The summed E-state index contributed by atoms with van der Waals surface area (Å²) in [7, 11) is 1.93. The molecule has 1 heterocycles. The van der Waals surface area contributed by atoms with Gasteiger partial charge in [-0.15, -0.1) is 0 Å². The van der Waals surface area contributed by atoms with Crippen LogP contribution in [0.3, 0.4) is 0 Å². The second kappa shape index (κ2) is 4.57. The van der Waals surface area contributed by atoms with Gasteiger partial charge >= 0.3 is 0 Å². The molecule has 0 saturated heterocycles. The summed E-state index contributed by atoms with van der Waals surface area (Å²) >= 11 is 0. The molecule has 0 aliphatic heterocycles. The molecular weight excluding hydrogens is 206 g/mol. The van der Waals surface area contributed by atoms with Crippen molar-refractivity contribution in [3.8, 4) is 0 Å². The van der Waals surface area contributed by atoms with Crippen molar-refractivity contribution in [1.82, 2.24) is 4.90 Å². The van der Waals surface area contributed by atoms with E-state index < -0.39 is 6.10 Å². The molecule has 0 bridgehead atoms. The second-order valence-corrected chi connectivity index (χ2v) is 4.07. The maximum atomic E-state index is 9.72. The summed E-state index contributed by atoms with van der Waals surface area (Å²) in [5.41, 5.74) is 5.79. The minimum Gasteiger partial charge on any atom is -0.467 e. The molecule has 1 saturated carbocycles. The van der Waals surface area contributed by atoms with Gasteiger partial charge in [0.1, 0.15) is 11.9 Å². The number of rotatable bonds is 4. The summed E-state index contributed by atoms with van der Waals surface area (Å²) in [4.78, 5) is 6.10. The van der Waals surface area contributed by atoms with Gasteiger partial charge in [0, 0.05) is 13.1 Å². The molecule has 3 N–H and O–H groups in total. The van der Waals surface area contributed by atoms with Crippen molar-refractivity contribution in [3.05, 3.63) is 24.2 Å². The largest absolute Gasteiger partial charge is 0.467 e. The van der Waals surface area contributed by atoms with Crippen LogP contribution in [0.4, 0.5) is 0 Å². The standard InChI is InChI=1S/C11H17N3O2/c1-14(8-4-5-8)11(12)13-7-9(15)10-3-2-6-16-10/h2-3,6,8-9,15H,4-5,7H2,1H3,(H2,12,13). The van der Waals surface area contributed by atoms with Gasteiger partial charge in [-0.05, 0) is 25.0 Å². The molecule has 1 aliphatic rings. The van der Waals surface area contributed by atoms with Crippen molar-refractivity contribution in [2.75, 3.05) is 13.6 Å². The number of nitrogens with zero attached hydrogens (tertiary/aromatic N) is 2. The molecule has 0 radical (unpaired) electrons. The lowest BCUT2D eigenvalue weighted by Gasteiger charge is -2.17. The molecule has 1 atom stereocenters. The first kappa shape index (κ1) is 11.0. The Morgan fingerprint density at radius 2 is 2.50 bits per heavy atom. The van der Waals surface area contributed by atoms with Crippen LogP contribution in [0.5, 0.6) is 0 Å².